The average Bonchev–Trinajstić information content (AvgIpc) is 2.94. The summed E-state index contributed by atoms with van der Waals surface area (Å²) in [6.45, 7) is 6.33. The van der Waals surface area contributed by atoms with Gasteiger partial charge >= 0.3 is 0 Å². The molecule has 1 saturated carbocycles. The number of carbonyl (C=O) groups is 1. The van der Waals surface area contributed by atoms with Gasteiger partial charge in [-0.1, -0.05) is 0 Å². The Hall–Kier alpha value is -1.73. The lowest BCUT2D eigenvalue weighted by Gasteiger charge is -2.35. The first kappa shape index (κ1) is 17.1. The number of amides is 1. The van der Waals surface area contributed by atoms with Gasteiger partial charge in [-0.25, -0.2) is 9.97 Å². The molecular formula is C17H27N5O2. The fraction of sp³-hybridized carbons (Fsp3) is 0.706. The second-order valence-corrected chi connectivity index (χ2v) is 7.04. The molecule has 24 heavy (non-hydrogen) atoms. The average molecular weight is 333 g/mol. The van der Waals surface area contributed by atoms with Crippen LogP contribution in [-0.4, -0.2) is 54.8 Å². The molecule has 3 N–H and O–H groups in total. The third-order valence-corrected chi connectivity index (χ3v) is 5.06. The smallest absolute Gasteiger partial charge is 0.289 e. The van der Waals surface area contributed by atoms with Gasteiger partial charge in [0.25, 0.3) is 5.91 Å². The monoisotopic (exact) mass is 333 g/mol. The van der Waals surface area contributed by atoms with Crippen molar-refractivity contribution in [2.45, 2.75) is 45.2 Å². The summed E-state index contributed by atoms with van der Waals surface area (Å²) in [7, 11) is 1.71. The van der Waals surface area contributed by atoms with Gasteiger partial charge in [0.1, 0.15) is 5.82 Å². The molecule has 0 unspecified atom stereocenters. The highest BCUT2D eigenvalue weighted by atomic mass is 16.5. The van der Waals surface area contributed by atoms with Crippen LogP contribution in [0.5, 0.6) is 0 Å². The van der Waals surface area contributed by atoms with Crippen molar-refractivity contribution in [3.8, 4) is 0 Å². The highest BCUT2D eigenvalue weighted by Gasteiger charge is 2.31. The SMILES string of the molecule is COCC1CC(NC(=O)c2nc(C)c(C)c(N3CC[C@@H](N)C3)n2)C1. The number of methoxy groups -OCH3 is 1. The van der Waals surface area contributed by atoms with E-state index in [-0.39, 0.29) is 23.8 Å². The normalized spacial score (nSPS) is 26.3. The number of nitrogens with one attached hydrogen (secondary N) is 1. The highest BCUT2D eigenvalue weighted by Crippen LogP contribution is 2.28. The minimum atomic E-state index is -0.191. The zero-order chi connectivity index (χ0) is 17.3. The number of hydrogen-bond donors (Lipinski definition) is 2. The van der Waals surface area contributed by atoms with Crippen LogP contribution in [0.25, 0.3) is 0 Å². The number of aromatic nitrogens is 2. The molecule has 0 bridgehead atoms. The van der Waals surface area contributed by atoms with Crippen LogP contribution < -0.4 is 16.0 Å². The van der Waals surface area contributed by atoms with Gasteiger partial charge in [0, 0.05) is 50.1 Å². The molecule has 1 aromatic heterocycles. The van der Waals surface area contributed by atoms with Crippen LogP contribution in [0.3, 0.4) is 0 Å². The van der Waals surface area contributed by atoms with Crippen molar-refractivity contribution in [1.82, 2.24) is 15.3 Å². The number of ether oxygens (including phenoxy) is 1. The summed E-state index contributed by atoms with van der Waals surface area (Å²) >= 11 is 0. The van der Waals surface area contributed by atoms with Gasteiger partial charge < -0.3 is 20.7 Å². The molecule has 7 heteroatoms. The van der Waals surface area contributed by atoms with E-state index in [0.29, 0.717) is 5.92 Å². The molecule has 1 aliphatic carbocycles. The molecule has 3 rings (SSSR count). The van der Waals surface area contributed by atoms with E-state index >= 15 is 0 Å². The van der Waals surface area contributed by atoms with E-state index in [9.17, 15) is 4.79 Å². The fourth-order valence-electron chi connectivity index (χ4n) is 3.48. The predicted molar refractivity (Wildman–Crippen MR) is 92.2 cm³/mol. The molecule has 0 spiro atoms. The van der Waals surface area contributed by atoms with Crippen LogP contribution in [0.1, 0.15) is 41.1 Å². The summed E-state index contributed by atoms with van der Waals surface area (Å²) in [6.07, 6.45) is 2.86. The molecule has 1 saturated heterocycles. The molecule has 132 valence electrons. The Morgan fingerprint density at radius 1 is 1.38 bits per heavy atom. The summed E-state index contributed by atoms with van der Waals surface area (Å²) in [4.78, 5) is 23.6. The topological polar surface area (TPSA) is 93.4 Å². The number of rotatable bonds is 5. The predicted octanol–water partition coefficient (Wildman–Crippen LogP) is 0.786. The van der Waals surface area contributed by atoms with Crippen molar-refractivity contribution in [2.75, 3.05) is 31.7 Å². The van der Waals surface area contributed by atoms with E-state index in [4.69, 9.17) is 10.5 Å². The third kappa shape index (κ3) is 3.52. The minimum absolute atomic E-state index is 0.171. The summed E-state index contributed by atoms with van der Waals surface area (Å²) < 4.78 is 5.14. The Morgan fingerprint density at radius 2 is 2.12 bits per heavy atom. The molecule has 2 fully saturated rings. The Balaban J connectivity index is 1.69. The standard InChI is InChI=1S/C17H27N5O2/c1-10-11(2)19-15(21-16(10)22-5-4-13(18)8-22)17(23)20-14-6-12(7-14)9-24-3/h12-14H,4-9,18H2,1-3H3,(H,20,23)/t12?,13-,14?/m1/s1. The lowest BCUT2D eigenvalue weighted by atomic mass is 9.81. The van der Waals surface area contributed by atoms with Gasteiger partial charge in [-0.2, -0.15) is 0 Å². The quantitative estimate of drug-likeness (QED) is 0.827. The van der Waals surface area contributed by atoms with Gasteiger partial charge in [-0.3, -0.25) is 4.79 Å². The molecule has 1 atom stereocenters. The van der Waals surface area contributed by atoms with Gasteiger partial charge in [0.05, 0.1) is 0 Å². The molecule has 0 radical (unpaired) electrons. The van der Waals surface area contributed by atoms with Crippen molar-refractivity contribution >= 4 is 11.7 Å². The maximum atomic E-state index is 12.5. The number of aryl methyl sites for hydroxylation is 1. The molecule has 2 aliphatic rings. The first-order chi connectivity index (χ1) is 11.5. The van der Waals surface area contributed by atoms with E-state index in [1.807, 2.05) is 13.8 Å². The molecule has 0 aromatic carbocycles. The third-order valence-electron chi connectivity index (χ3n) is 5.06. The van der Waals surface area contributed by atoms with Crippen LogP contribution in [0.4, 0.5) is 5.82 Å². The summed E-state index contributed by atoms with van der Waals surface area (Å²) in [5.41, 5.74) is 7.86. The van der Waals surface area contributed by atoms with Crippen molar-refractivity contribution in [1.29, 1.82) is 0 Å². The van der Waals surface area contributed by atoms with Crippen molar-refractivity contribution in [3.05, 3.63) is 17.1 Å². The van der Waals surface area contributed by atoms with Crippen molar-refractivity contribution < 1.29 is 9.53 Å². The van der Waals surface area contributed by atoms with Gasteiger partial charge in [-0.15, -0.1) is 0 Å². The Bertz CT molecular complexity index is 615. The van der Waals surface area contributed by atoms with Crippen LogP contribution in [0.2, 0.25) is 0 Å². The molecule has 1 amide bonds. The van der Waals surface area contributed by atoms with Gasteiger partial charge in [0.15, 0.2) is 0 Å². The van der Waals surface area contributed by atoms with E-state index in [1.165, 1.54) is 0 Å². The van der Waals surface area contributed by atoms with Crippen molar-refractivity contribution in [2.24, 2.45) is 11.7 Å². The Kier molecular flexibility index (Phi) is 5.01. The van der Waals surface area contributed by atoms with E-state index in [1.54, 1.807) is 7.11 Å². The van der Waals surface area contributed by atoms with E-state index in [0.717, 1.165) is 56.0 Å². The number of nitrogens with zero attached hydrogens (tertiary/aromatic N) is 3. The molecular weight excluding hydrogens is 306 g/mol. The summed E-state index contributed by atoms with van der Waals surface area (Å²) in [5.74, 6) is 1.45. The second-order valence-electron chi connectivity index (χ2n) is 7.04. The summed E-state index contributed by atoms with van der Waals surface area (Å²) in [6, 6.07) is 0.371. The van der Waals surface area contributed by atoms with Crippen LogP contribution in [0.15, 0.2) is 0 Å². The molecule has 1 aliphatic heterocycles. The zero-order valence-corrected chi connectivity index (χ0v) is 14.7. The Labute approximate surface area is 143 Å². The van der Waals surface area contributed by atoms with Crippen LogP contribution >= 0.6 is 0 Å². The second kappa shape index (κ2) is 7.03. The lowest BCUT2D eigenvalue weighted by Crippen LogP contribution is -2.46. The first-order valence-electron chi connectivity index (χ1n) is 8.63. The van der Waals surface area contributed by atoms with E-state index < -0.39 is 0 Å². The molecule has 1 aromatic rings. The summed E-state index contributed by atoms with van der Waals surface area (Å²) in [5, 5.41) is 3.03. The minimum Gasteiger partial charge on any atom is -0.384 e. The number of nitrogens with two attached hydrogens (primary N) is 1. The number of hydrogen-bond acceptors (Lipinski definition) is 6. The number of carbonyl (C=O) groups excluding carboxylic acids is 1. The number of anilines is 1. The largest absolute Gasteiger partial charge is 0.384 e. The van der Waals surface area contributed by atoms with E-state index in [2.05, 4.69) is 20.2 Å². The van der Waals surface area contributed by atoms with Crippen LogP contribution in [0, 0.1) is 19.8 Å². The van der Waals surface area contributed by atoms with Gasteiger partial charge in [-0.05, 0) is 39.0 Å². The maximum absolute atomic E-state index is 12.5. The maximum Gasteiger partial charge on any atom is 0.289 e. The highest BCUT2D eigenvalue weighted by molar-refractivity contribution is 5.91. The first-order valence-corrected chi connectivity index (χ1v) is 8.63. The molecule has 7 nitrogen and oxygen atoms in total. The van der Waals surface area contributed by atoms with Crippen molar-refractivity contribution in [3.63, 3.8) is 0 Å². The van der Waals surface area contributed by atoms with Crippen LogP contribution in [-0.2, 0) is 4.74 Å². The zero-order valence-electron chi connectivity index (χ0n) is 14.7. The van der Waals surface area contributed by atoms with Gasteiger partial charge in [0.2, 0.25) is 5.82 Å². The lowest BCUT2D eigenvalue weighted by molar-refractivity contribution is 0.0730. The Morgan fingerprint density at radius 3 is 2.75 bits per heavy atom. The fourth-order valence-corrected chi connectivity index (χ4v) is 3.48. The molecule has 2 heterocycles.